The van der Waals surface area contributed by atoms with Gasteiger partial charge in [0.25, 0.3) is 0 Å². The van der Waals surface area contributed by atoms with E-state index < -0.39 is 0 Å². The molecule has 1 unspecified atom stereocenters. The van der Waals surface area contributed by atoms with Crippen molar-refractivity contribution >= 4 is 5.69 Å². The Labute approximate surface area is 112 Å². The van der Waals surface area contributed by atoms with Crippen LogP contribution in [0.15, 0.2) is 18.2 Å². The minimum atomic E-state index is 0.347. The number of hydrogen-bond acceptors (Lipinski definition) is 4. The van der Waals surface area contributed by atoms with E-state index in [2.05, 4.69) is 29.4 Å². The zero-order chi connectivity index (χ0) is 13.4. The number of rotatable bonds is 3. The molecule has 5 nitrogen and oxygen atoms in total. The van der Waals surface area contributed by atoms with Crippen molar-refractivity contribution in [3.63, 3.8) is 0 Å². The lowest BCUT2D eigenvalue weighted by atomic mass is 9.80. The second kappa shape index (κ2) is 4.64. The van der Waals surface area contributed by atoms with Crippen LogP contribution in [0.5, 0.6) is 0 Å². The third-order valence-corrected chi connectivity index (χ3v) is 4.21. The fourth-order valence-corrected chi connectivity index (χ4v) is 2.65. The molecule has 2 N–H and O–H groups in total. The van der Waals surface area contributed by atoms with Gasteiger partial charge in [0.1, 0.15) is 0 Å². The van der Waals surface area contributed by atoms with E-state index in [0.717, 1.165) is 22.6 Å². The van der Waals surface area contributed by atoms with Crippen molar-refractivity contribution in [1.82, 2.24) is 20.2 Å². The number of tetrazole rings is 1. The summed E-state index contributed by atoms with van der Waals surface area (Å²) in [7, 11) is 0. The molecule has 1 aromatic carbocycles. The van der Waals surface area contributed by atoms with Crippen molar-refractivity contribution in [1.29, 1.82) is 0 Å². The Morgan fingerprint density at radius 2 is 2.16 bits per heavy atom. The summed E-state index contributed by atoms with van der Waals surface area (Å²) >= 11 is 0. The third kappa shape index (κ3) is 2.09. The Bertz CT molecular complexity index is 585. The molecule has 5 heteroatoms. The van der Waals surface area contributed by atoms with E-state index in [1.165, 1.54) is 19.3 Å². The highest BCUT2D eigenvalue weighted by atomic mass is 15.5. The van der Waals surface area contributed by atoms with Crippen LogP contribution in [0, 0.1) is 12.8 Å². The second-order valence-electron chi connectivity index (χ2n) is 5.45. The van der Waals surface area contributed by atoms with Crippen LogP contribution in [0.2, 0.25) is 0 Å². The molecule has 0 amide bonds. The first-order chi connectivity index (χ1) is 9.16. The maximum atomic E-state index is 5.88. The highest BCUT2D eigenvalue weighted by Crippen LogP contribution is 2.37. The topological polar surface area (TPSA) is 69.6 Å². The first kappa shape index (κ1) is 12.1. The van der Waals surface area contributed by atoms with Gasteiger partial charge in [-0.15, -0.1) is 5.10 Å². The predicted molar refractivity (Wildman–Crippen MR) is 74.5 cm³/mol. The van der Waals surface area contributed by atoms with Crippen LogP contribution in [0.1, 0.15) is 37.8 Å². The van der Waals surface area contributed by atoms with Crippen LogP contribution in [0.25, 0.3) is 11.4 Å². The van der Waals surface area contributed by atoms with Crippen molar-refractivity contribution in [3.8, 4) is 11.4 Å². The van der Waals surface area contributed by atoms with E-state index in [4.69, 9.17) is 5.73 Å². The lowest BCUT2D eigenvalue weighted by molar-refractivity contribution is 0.210. The number of nitrogens with two attached hydrogens (primary N) is 1. The Hall–Kier alpha value is -1.91. The SMILES string of the molecule is Cc1ccc(N)cc1-c1nnnn1C(C)C1CCC1. The van der Waals surface area contributed by atoms with E-state index >= 15 is 0 Å². The van der Waals surface area contributed by atoms with E-state index in [9.17, 15) is 0 Å². The highest BCUT2D eigenvalue weighted by Gasteiger charge is 2.28. The molecular formula is C14H19N5. The fourth-order valence-electron chi connectivity index (χ4n) is 2.65. The van der Waals surface area contributed by atoms with Gasteiger partial charge in [-0.05, 0) is 60.7 Å². The van der Waals surface area contributed by atoms with Gasteiger partial charge in [-0.2, -0.15) is 0 Å². The van der Waals surface area contributed by atoms with Crippen molar-refractivity contribution in [2.75, 3.05) is 5.73 Å². The van der Waals surface area contributed by atoms with E-state index in [1.54, 1.807) is 0 Å². The quantitative estimate of drug-likeness (QED) is 0.858. The summed E-state index contributed by atoms with van der Waals surface area (Å²) in [5, 5.41) is 12.2. The van der Waals surface area contributed by atoms with E-state index in [0.29, 0.717) is 12.0 Å². The summed E-state index contributed by atoms with van der Waals surface area (Å²) in [6.45, 7) is 4.26. The standard InChI is InChI=1S/C14H19N5/c1-9-6-7-12(15)8-13(9)14-16-17-18-19(14)10(2)11-4-3-5-11/h6-8,10-11H,3-5,15H2,1-2H3. The zero-order valence-electron chi connectivity index (χ0n) is 11.4. The molecule has 19 heavy (non-hydrogen) atoms. The van der Waals surface area contributed by atoms with Gasteiger partial charge in [0.2, 0.25) is 0 Å². The molecule has 1 aromatic heterocycles. The average Bonchev–Trinajstić information content (AvgIpc) is 2.78. The minimum Gasteiger partial charge on any atom is -0.399 e. The van der Waals surface area contributed by atoms with Gasteiger partial charge in [-0.3, -0.25) is 0 Å². The molecule has 0 radical (unpaired) electrons. The molecule has 0 aliphatic heterocycles. The van der Waals surface area contributed by atoms with Gasteiger partial charge in [0.05, 0.1) is 6.04 Å². The summed E-state index contributed by atoms with van der Waals surface area (Å²) in [6, 6.07) is 6.21. The number of aryl methyl sites for hydroxylation is 1. The van der Waals surface area contributed by atoms with Gasteiger partial charge >= 0.3 is 0 Å². The molecule has 1 aliphatic carbocycles. The normalized spacial score (nSPS) is 17.2. The van der Waals surface area contributed by atoms with Crippen LogP contribution in [-0.4, -0.2) is 20.2 Å². The summed E-state index contributed by atoms with van der Waals surface area (Å²) < 4.78 is 1.95. The van der Waals surface area contributed by atoms with Crippen molar-refractivity contribution in [2.24, 2.45) is 5.92 Å². The van der Waals surface area contributed by atoms with Crippen LogP contribution in [0.4, 0.5) is 5.69 Å². The Balaban J connectivity index is 2.01. The Kier molecular flexibility index (Phi) is 2.97. The summed E-state index contributed by atoms with van der Waals surface area (Å²) in [4.78, 5) is 0. The average molecular weight is 257 g/mol. The summed E-state index contributed by atoms with van der Waals surface area (Å²) in [5.41, 5.74) is 8.79. The summed E-state index contributed by atoms with van der Waals surface area (Å²) in [5.74, 6) is 1.52. The van der Waals surface area contributed by atoms with Crippen LogP contribution < -0.4 is 5.73 Å². The molecule has 0 saturated heterocycles. The van der Waals surface area contributed by atoms with Gasteiger partial charge in [0.15, 0.2) is 5.82 Å². The number of nitrogen functional groups attached to an aromatic ring is 1. The fraction of sp³-hybridized carbons (Fsp3) is 0.500. The molecule has 1 heterocycles. The second-order valence-corrected chi connectivity index (χ2v) is 5.45. The van der Waals surface area contributed by atoms with E-state index in [1.807, 2.05) is 22.9 Å². The Morgan fingerprint density at radius 3 is 2.84 bits per heavy atom. The lowest BCUT2D eigenvalue weighted by Gasteiger charge is -2.31. The molecule has 1 saturated carbocycles. The van der Waals surface area contributed by atoms with Gasteiger partial charge in [-0.25, -0.2) is 4.68 Å². The molecule has 1 atom stereocenters. The first-order valence-corrected chi connectivity index (χ1v) is 6.81. The monoisotopic (exact) mass is 257 g/mol. The molecule has 2 aromatic rings. The largest absolute Gasteiger partial charge is 0.399 e. The van der Waals surface area contributed by atoms with Crippen molar-refractivity contribution in [3.05, 3.63) is 23.8 Å². The predicted octanol–water partition coefficient (Wildman–Crippen LogP) is 2.59. The summed E-state index contributed by atoms with van der Waals surface area (Å²) in [6.07, 6.45) is 3.87. The molecule has 1 fully saturated rings. The number of hydrogen-bond donors (Lipinski definition) is 1. The molecular weight excluding hydrogens is 238 g/mol. The molecule has 0 bridgehead atoms. The van der Waals surface area contributed by atoms with Crippen molar-refractivity contribution in [2.45, 2.75) is 39.2 Å². The molecule has 0 spiro atoms. The Morgan fingerprint density at radius 1 is 1.37 bits per heavy atom. The van der Waals surface area contributed by atoms with E-state index in [-0.39, 0.29) is 0 Å². The van der Waals surface area contributed by atoms with Crippen LogP contribution in [0.3, 0.4) is 0 Å². The molecule has 3 rings (SSSR count). The third-order valence-electron chi connectivity index (χ3n) is 4.21. The zero-order valence-corrected chi connectivity index (χ0v) is 11.4. The molecule has 1 aliphatic rings. The number of anilines is 1. The van der Waals surface area contributed by atoms with Gasteiger partial charge < -0.3 is 5.73 Å². The van der Waals surface area contributed by atoms with Crippen LogP contribution >= 0.6 is 0 Å². The first-order valence-electron chi connectivity index (χ1n) is 6.81. The lowest BCUT2D eigenvalue weighted by Crippen LogP contribution is -2.24. The molecule has 100 valence electrons. The number of aromatic nitrogens is 4. The smallest absolute Gasteiger partial charge is 0.182 e. The van der Waals surface area contributed by atoms with Crippen molar-refractivity contribution < 1.29 is 0 Å². The van der Waals surface area contributed by atoms with Gasteiger partial charge in [-0.1, -0.05) is 12.5 Å². The number of benzene rings is 1. The highest BCUT2D eigenvalue weighted by molar-refractivity contribution is 5.65. The number of nitrogens with zero attached hydrogens (tertiary/aromatic N) is 4. The minimum absolute atomic E-state index is 0.347. The van der Waals surface area contributed by atoms with Gasteiger partial charge in [0, 0.05) is 11.3 Å². The van der Waals surface area contributed by atoms with Crippen LogP contribution in [-0.2, 0) is 0 Å². The maximum Gasteiger partial charge on any atom is 0.182 e. The maximum absolute atomic E-state index is 5.88.